The molecule has 1 fully saturated rings. The highest BCUT2D eigenvalue weighted by Crippen LogP contribution is 2.21. The largest absolute Gasteiger partial charge is 0.480 e. The van der Waals surface area contributed by atoms with Gasteiger partial charge in [0, 0.05) is 13.1 Å². The molecule has 1 saturated heterocycles. The lowest BCUT2D eigenvalue weighted by Crippen LogP contribution is -2.52. The van der Waals surface area contributed by atoms with Gasteiger partial charge in [-0.25, -0.2) is 35.3 Å². The maximum absolute atomic E-state index is 12.8. The van der Waals surface area contributed by atoms with E-state index in [-0.39, 0.29) is 13.1 Å². The van der Waals surface area contributed by atoms with E-state index in [0.29, 0.717) is 0 Å². The maximum atomic E-state index is 12.8. The molecule has 0 aliphatic carbocycles. The summed E-state index contributed by atoms with van der Waals surface area (Å²) in [5.41, 5.74) is 7.14. The number of carboxylic acid groups (broad SMARTS) is 2. The van der Waals surface area contributed by atoms with Gasteiger partial charge in [0.2, 0.25) is 0 Å². The van der Waals surface area contributed by atoms with Crippen LogP contribution in [0.15, 0.2) is 60.7 Å². The van der Waals surface area contributed by atoms with E-state index in [9.17, 15) is 24.6 Å². The van der Waals surface area contributed by atoms with Crippen LogP contribution >= 0.6 is 0 Å². The summed E-state index contributed by atoms with van der Waals surface area (Å²) in [7, 11) is 0. The van der Waals surface area contributed by atoms with Crippen LogP contribution in [-0.2, 0) is 22.7 Å². The molecule has 9 heteroatoms. The lowest BCUT2D eigenvalue weighted by atomic mass is 10.1. The number of nitrogens with one attached hydrogen (secondary N) is 2. The molecule has 28 heavy (non-hydrogen) atoms. The molecule has 2 atom stereocenters. The third-order valence-electron chi connectivity index (χ3n) is 4.37. The minimum absolute atomic E-state index is 0.176. The van der Waals surface area contributed by atoms with Crippen LogP contribution in [0.25, 0.3) is 0 Å². The van der Waals surface area contributed by atoms with Gasteiger partial charge in [-0.1, -0.05) is 60.7 Å². The Labute approximate surface area is 161 Å². The maximum Gasteiger partial charge on any atom is 0.350 e. The normalized spacial score (nSPS) is 19.1. The molecular weight excluding hydrogens is 364 g/mol. The van der Waals surface area contributed by atoms with Crippen LogP contribution in [0.2, 0.25) is 0 Å². The van der Waals surface area contributed by atoms with Crippen molar-refractivity contribution in [2.45, 2.75) is 25.2 Å². The second-order valence-electron chi connectivity index (χ2n) is 6.23. The minimum Gasteiger partial charge on any atom is -0.480 e. The van der Waals surface area contributed by atoms with Crippen LogP contribution in [0.3, 0.4) is 0 Å². The molecule has 2 aromatic carbocycles. The average molecular weight is 384 g/mol. The van der Waals surface area contributed by atoms with Crippen LogP contribution in [-0.4, -0.2) is 50.3 Å². The highest BCUT2D eigenvalue weighted by atomic mass is 16.4. The average Bonchev–Trinajstić information content (AvgIpc) is 2.98. The molecule has 0 unspecified atom stereocenters. The van der Waals surface area contributed by atoms with Crippen LogP contribution < -0.4 is 10.9 Å². The van der Waals surface area contributed by atoms with Crippen molar-refractivity contribution in [3.05, 3.63) is 71.8 Å². The predicted molar refractivity (Wildman–Crippen MR) is 98.5 cm³/mol. The van der Waals surface area contributed by atoms with Gasteiger partial charge in [-0.05, 0) is 11.1 Å². The van der Waals surface area contributed by atoms with Gasteiger partial charge in [0.25, 0.3) is 0 Å². The van der Waals surface area contributed by atoms with Crippen molar-refractivity contribution in [2.24, 2.45) is 0 Å². The third-order valence-corrected chi connectivity index (χ3v) is 4.37. The molecule has 1 aliphatic rings. The van der Waals surface area contributed by atoms with Gasteiger partial charge in [0.1, 0.15) is 0 Å². The molecule has 0 spiro atoms. The first-order valence-corrected chi connectivity index (χ1v) is 8.62. The summed E-state index contributed by atoms with van der Waals surface area (Å²) in [5, 5.41) is 20.8. The Morgan fingerprint density at radius 2 is 1.11 bits per heavy atom. The lowest BCUT2D eigenvalue weighted by molar-refractivity contribution is -0.152. The number of hydrogen-bond donors (Lipinski definition) is 4. The van der Waals surface area contributed by atoms with E-state index in [1.807, 2.05) is 60.7 Å². The highest BCUT2D eigenvalue weighted by molar-refractivity contribution is 5.95. The van der Waals surface area contributed by atoms with Crippen molar-refractivity contribution in [3.63, 3.8) is 0 Å². The predicted octanol–water partition coefficient (Wildman–Crippen LogP) is 1.04. The SMILES string of the molecule is O=C(O)[C@@H]1[C@H](C(=O)O)N(NCc2ccccc2)C(=O)N1NCc1ccccc1. The Hall–Kier alpha value is -3.43. The zero-order valence-corrected chi connectivity index (χ0v) is 14.9. The molecule has 2 amide bonds. The fraction of sp³-hybridized carbons (Fsp3) is 0.211. The van der Waals surface area contributed by atoms with E-state index < -0.39 is 30.1 Å². The van der Waals surface area contributed by atoms with E-state index in [4.69, 9.17) is 0 Å². The summed E-state index contributed by atoms with van der Waals surface area (Å²) in [6, 6.07) is 14.2. The summed E-state index contributed by atoms with van der Waals surface area (Å²) in [4.78, 5) is 36.3. The number of carbonyl (C=O) groups is 3. The van der Waals surface area contributed by atoms with E-state index in [1.165, 1.54) is 0 Å². The molecule has 4 N–H and O–H groups in total. The first-order chi connectivity index (χ1) is 13.5. The van der Waals surface area contributed by atoms with Crippen LogP contribution in [0.4, 0.5) is 4.79 Å². The summed E-state index contributed by atoms with van der Waals surface area (Å²) in [6.45, 7) is 0.352. The van der Waals surface area contributed by atoms with Crippen LogP contribution in [0.5, 0.6) is 0 Å². The van der Waals surface area contributed by atoms with Crippen molar-refractivity contribution in [2.75, 3.05) is 0 Å². The van der Waals surface area contributed by atoms with E-state index in [0.717, 1.165) is 21.1 Å². The van der Waals surface area contributed by atoms with Crippen LogP contribution in [0, 0.1) is 0 Å². The number of rotatable bonds is 8. The van der Waals surface area contributed by atoms with Crippen molar-refractivity contribution in [3.8, 4) is 0 Å². The third kappa shape index (κ3) is 4.11. The molecule has 146 valence electrons. The number of hydrogen-bond acceptors (Lipinski definition) is 5. The van der Waals surface area contributed by atoms with Gasteiger partial charge in [0.15, 0.2) is 12.1 Å². The van der Waals surface area contributed by atoms with Gasteiger partial charge in [-0.2, -0.15) is 0 Å². The molecule has 1 heterocycles. The number of carboxylic acids is 2. The van der Waals surface area contributed by atoms with E-state index in [1.54, 1.807) is 0 Å². The molecule has 2 aromatic rings. The first kappa shape index (κ1) is 19.3. The van der Waals surface area contributed by atoms with Gasteiger partial charge in [-0.15, -0.1) is 0 Å². The Morgan fingerprint density at radius 1 is 0.750 bits per heavy atom. The minimum atomic E-state index is -1.59. The number of urea groups is 1. The van der Waals surface area contributed by atoms with Crippen molar-refractivity contribution in [1.82, 2.24) is 20.9 Å². The summed E-state index contributed by atoms with van der Waals surface area (Å²) in [5.74, 6) is -2.82. The summed E-state index contributed by atoms with van der Waals surface area (Å²) in [6.07, 6.45) is 0. The van der Waals surface area contributed by atoms with Crippen molar-refractivity contribution in [1.29, 1.82) is 0 Å². The number of amides is 2. The monoisotopic (exact) mass is 384 g/mol. The molecule has 0 radical (unpaired) electrons. The number of hydrazine groups is 2. The smallest absolute Gasteiger partial charge is 0.350 e. The fourth-order valence-corrected chi connectivity index (χ4v) is 3.00. The second-order valence-corrected chi connectivity index (χ2v) is 6.23. The topological polar surface area (TPSA) is 122 Å². The molecular formula is C19H20N4O5. The zero-order chi connectivity index (χ0) is 20.1. The van der Waals surface area contributed by atoms with E-state index in [2.05, 4.69) is 10.9 Å². The van der Waals surface area contributed by atoms with Crippen molar-refractivity contribution >= 4 is 18.0 Å². The number of carbonyl (C=O) groups excluding carboxylic acids is 1. The van der Waals surface area contributed by atoms with Crippen LogP contribution in [0.1, 0.15) is 11.1 Å². The Balaban J connectivity index is 1.79. The number of nitrogens with zero attached hydrogens (tertiary/aromatic N) is 2. The number of benzene rings is 2. The summed E-state index contributed by atoms with van der Waals surface area (Å²) < 4.78 is 0. The molecule has 3 rings (SSSR count). The Bertz CT molecular complexity index is 776. The molecule has 1 aliphatic heterocycles. The molecule has 0 saturated carbocycles. The quantitative estimate of drug-likeness (QED) is 0.536. The highest BCUT2D eigenvalue weighted by Gasteiger charge is 2.54. The molecule has 0 bridgehead atoms. The van der Waals surface area contributed by atoms with Gasteiger partial charge in [0.05, 0.1) is 0 Å². The first-order valence-electron chi connectivity index (χ1n) is 8.62. The standard InChI is InChI=1S/C19H20N4O5/c24-17(25)15-16(18(26)27)23(21-12-14-9-5-2-6-10-14)19(28)22(15)20-11-13-7-3-1-4-8-13/h1-10,15-16,20-21H,11-12H2,(H,24,25)(H,26,27)/t15-,16+. The Kier molecular flexibility index (Phi) is 5.87. The fourth-order valence-electron chi connectivity index (χ4n) is 3.00. The van der Waals surface area contributed by atoms with Crippen molar-refractivity contribution < 1.29 is 24.6 Å². The summed E-state index contributed by atoms with van der Waals surface area (Å²) >= 11 is 0. The molecule has 9 nitrogen and oxygen atoms in total. The van der Waals surface area contributed by atoms with Gasteiger partial charge in [-0.3, -0.25) is 0 Å². The number of aliphatic carboxylic acids is 2. The second kappa shape index (κ2) is 8.51. The molecule has 0 aromatic heterocycles. The Morgan fingerprint density at radius 3 is 1.43 bits per heavy atom. The zero-order valence-electron chi connectivity index (χ0n) is 14.9. The van der Waals surface area contributed by atoms with E-state index >= 15 is 0 Å². The van der Waals surface area contributed by atoms with Gasteiger partial charge < -0.3 is 10.2 Å². The van der Waals surface area contributed by atoms with Gasteiger partial charge >= 0.3 is 18.0 Å². The lowest BCUT2D eigenvalue weighted by Gasteiger charge is -2.21.